The molecule has 2 saturated carbocycles. The number of hydrogen-bond donors (Lipinski definition) is 3. The summed E-state index contributed by atoms with van der Waals surface area (Å²) in [5.74, 6) is -2.74. The van der Waals surface area contributed by atoms with Gasteiger partial charge in [-0.3, -0.25) is 19.1 Å². The summed E-state index contributed by atoms with van der Waals surface area (Å²) < 4.78 is 68.8. The molecule has 3 N–H and O–H groups in total. The number of halogens is 2. The molecular formula is C39H49F2N5O8S. The Morgan fingerprint density at radius 2 is 1.84 bits per heavy atom. The van der Waals surface area contributed by atoms with Crippen LogP contribution in [0.15, 0.2) is 36.4 Å². The van der Waals surface area contributed by atoms with Gasteiger partial charge in [0.25, 0.3) is 12.3 Å². The van der Waals surface area contributed by atoms with Crippen LogP contribution in [0.2, 0.25) is 0 Å². The standard InChI is InChI=1S/C39H49F2N5O8S/c1-23(2)53-36(50)43-28-14-8-6-4-5-7-11-24-15-18-39(24,35(49)45-55(51,52)37(3)19-20-37)44-33(47)29-21-38(22-46(29)34(28)48)17-16-26-25-12-9-10-13-27(25)42-30(32(40)41)31(26)54-38/h7,9-13,23-24,28-29,32H,4-6,8,14-22H2,1-3H3,(H,43,50)(H,44,47)(H,45,49). The number of pyridine rings is 1. The van der Waals surface area contributed by atoms with Gasteiger partial charge in [-0.15, -0.1) is 0 Å². The van der Waals surface area contributed by atoms with Gasteiger partial charge in [0.2, 0.25) is 21.8 Å². The highest BCUT2D eigenvalue weighted by Crippen LogP contribution is 2.48. The van der Waals surface area contributed by atoms with E-state index in [0.717, 1.165) is 6.42 Å². The summed E-state index contributed by atoms with van der Waals surface area (Å²) in [5.41, 5.74) is -2.49. The first-order valence-corrected chi connectivity index (χ1v) is 20.8. The number of alkyl carbamates (subject to hydrolysis) is 1. The SMILES string of the molecule is CC(C)OC(=O)NC1CCCCCC=CC2CCC2(C(=O)NS(=O)(=O)C2(C)CC2)NC(=O)C2CC3(CCc4c(c(C(F)F)nc5ccccc45)O3)CN2C1=O. The van der Waals surface area contributed by atoms with Gasteiger partial charge in [0.1, 0.15) is 28.9 Å². The molecule has 1 spiro atoms. The summed E-state index contributed by atoms with van der Waals surface area (Å²) in [6.07, 6.45) is 4.39. The third kappa shape index (κ3) is 7.38. The van der Waals surface area contributed by atoms with Gasteiger partial charge in [0.15, 0.2) is 5.75 Å². The average Bonchev–Trinajstić information content (AvgIpc) is 3.79. The number of carbonyl (C=O) groups excluding carboxylic acids is 4. The number of fused-ring (bicyclic) bond motifs is 5. The van der Waals surface area contributed by atoms with E-state index in [0.29, 0.717) is 61.4 Å². The molecule has 0 radical (unpaired) electrons. The van der Waals surface area contributed by atoms with Gasteiger partial charge in [0, 0.05) is 23.3 Å². The highest BCUT2D eigenvalue weighted by molar-refractivity contribution is 7.91. The van der Waals surface area contributed by atoms with Crippen molar-refractivity contribution in [3.05, 3.63) is 47.7 Å². The lowest BCUT2D eigenvalue weighted by Gasteiger charge is -2.48. The quantitative estimate of drug-likeness (QED) is 0.336. The number of nitrogens with one attached hydrogen (secondary N) is 3. The van der Waals surface area contributed by atoms with Crippen LogP contribution in [0.4, 0.5) is 13.6 Å². The zero-order valence-corrected chi connectivity index (χ0v) is 32.2. The molecule has 4 amide bonds. The Bertz CT molecular complexity index is 2020. The first-order chi connectivity index (χ1) is 26.1. The predicted molar refractivity (Wildman–Crippen MR) is 198 cm³/mol. The Kier molecular flexibility index (Phi) is 10.3. The van der Waals surface area contributed by atoms with Crippen molar-refractivity contribution < 1.29 is 45.9 Å². The summed E-state index contributed by atoms with van der Waals surface area (Å²) in [6.45, 7) is 4.74. The van der Waals surface area contributed by atoms with E-state index in [-0.39, 0.29) is 38.0 Å². The molecule has 7 rings (SSSR count). The lowest BCUT2D eigenvalue weighted by molar-refractivity contribution is -0.144. The summed E-state index contributed by atoms with van der Waals surface area (Å²) in [4.78, 5) is 61.9. The highest BCUT2D eigenvalue weighted by Gasteiger charge is 2.59. The molecule has 2 aromatic rings. The Balaban J connectivity index is 1.26. The van der Waals surface area contributed by atoms with Crippen molar-refractivity contribution in [2.45, 2.75) is 138 Å². The van der Waals surface area contributed by atoms with Gasteiger partial charge >= 0.3 is 6.09 Å². The number of aromatic nitrogens is 1. The normalized spacial score (nSPS) is 29.2. The molecule has 1 aromatic heterocycles. The van der Waals surface area contributed by atoms with Crippen molar-refractivity contribution in [1.29, 1.82) is 0 Å². The Morgan fingerprint density at radius 3 is 2.53 bits per heavy atom. The van der Waals surface area contributed by atoms with E-state index in [1.165, 1.54) is 4.90 Å². The van der Waals surface area contributed by atoms with Crippen LogP contribution in [0.5, 0.6) is 5.75 Å². The number of carbonyl (C=O) groups is 4. The summed E-state index contributed by atoms with van der Waals surface area (Å²) >= 11 is 0. The van der Waals surface area contributed by atoms with Gasteiger partial charge in [-0.1, -0.05) is 43.2 Å². The minimum atomic E-state index is -4.06. The van der Waals surface area contributed by atoms with Crippen LogP contribution in [0, 0.1) is 5.92 Å². The van der Waals surface area contributed by atoms with E-state index in [4.69, 9.17) is 9.47 Å². The smallest absolute Gasteiger partial charge is 0.408 e. The molecular weight excluding hydrogens is 737 g/mol. The molecule has 1 saturated heterocycles. The Morgan fingerprint density at radius 1 is 1.07 bits per heavy atom. The molecule has 13 nitrogen and oxygen atoms in total. The van der Waals surface area contributed by atoms with Crippen LogP contribution in [0.25, 0.3) is 10.9 Å². The number of hydrogen-bond acceptors (Lipinski definition) is 9. The first-order valence-electron chi connectivity index (χ1n) is 19.3. The maximum absolute atomic E-state index is 14.7. The molecule has 5 aliphatic rings. The number of allylic oxidation sites excluding steroid dienone is 1. The van der Waals surface area contributed by atoms with E-state index in [9.17, 15) is 36.4 Å². The van der Waals surface area contributed by atoms with Gasteiger partial charge in [-0.05, 0) is 84.6 Å². The predicted octanol–water partition coefficient (Wildman–Crippen LogP) is 5.12. The van der Waals surface area contributed by atoms with Crippen molar-refractivity contribution in [3.8, 4) is 5.75 Å². The van der Waals surface area contributed by atoms with Crippen molar-refractivity contribution in [2.24, 2.45) is 5.92 Å². The highest BCUT2D eigenvalue weighted by atomic mass is 32.2. The fraction of sp³-hybridized carbons (Fsp3) is 0.615. The van der Waals surface area contributed by atoms with Crippen LogP contribution in [-0.4, -0.2) is 82.7 Å². The lowest BCUT2D eigenvalue weighted by Crippen LogP contribution is -2.70. The molecule has 2 aliphatic carbocycles. The van der Waals surface area contributed by atoms with Crippen LogP contribution < -0.4 is 20.1 Å². The van der Waals surface area contributed by atoms with Gasteiger partial charge in [0.05, 0.1) is 22.9 Å². The number of sulfonamides is 1. The van der Waals surface area contributed by atoms with Crippen LogP contribution in [0.3, 0.4) is 0 Å². The largest absolute Gasteiger partial charge is 0.483 e. The monoisotopic (exact) mass is 785 g/mol. The van der Waals surface area contributed by atoms with E-state index < -0.39 is 85.9 Å². The van der Waals surface area contributed by atoms with Crippen molar-refractivity contribution >= 4 is 44.7 Å². The Hall–Kier alpha value is -4.34. The van der Waals surface area contributed by atoms with Crippen molar-refractivity contribution in [2.75, 3.05) is 6.54 Å². The number of aryl methyl sites for hydroxylation is 1. The number of para-hydroxylation sites is 1. The van der Waals surface area contributed by atoms with E-state index >= 15 is 0 Å². The van der Waals surface area contributed by atoms with E-state index in [2.05, 4.69) is 20.3 Å². The first kappa shape index (κ1) is 38.9. The summed E-state index contributed by atoms with van der Waals surface area (Å²) in [7, 11) is -4.06. The number of ether oxygens (including phenoxy) is 2. The van der Waals surface area contributed by atoms with Crippen molar-refractivity contribution in [1.82, 2.24) is 25.2 Å². The van der Waals surface area contributed by atoms with Gasteiger partial charge in [-0.2, -0.15) is 0 Å². The topological polar surface area (TPSA) is 173 Å². The summed E-state index contributed by atoms with van der Waals surface area (Å²) in [6, 6.07) is 4.59. The third-order valence-electron chi connectivity index (χ3n) is 12.0. The fourth-order valence-electron chi connectivity index (χ4n) is 8.42. The Labute approximate surface area is 319 Å². The zero-order chi connectivity index (χ0) is 39.3. The zero-order valence-electron chi connectivity index (χ0n) is 31.4. The molecule has 4 heterocycles. The average molecular weight is 786 g/mol. The molecule has 298 valence electrons. The molecule has 3 aliphatic heterocycles. The van der Waals surface area contributed by atoms with Gasteiger partial charge < -0.3 is 25.0 Å². The summed E-state index contributed by atoms with van der Waals surface area (Å²) in [5, 5.41) is 6.26. The second-order valence-electron chi connectivity index (χ2n) is 16.3. The molecule has 5 unspecified atom stereocenters. The lowest BCUT2D eigenvalue weighted by atomic mass is 9.65. The maximum Gasteiger partial charge on any atom is 0.408 e. The van der Waals surface area contributed by atoms with E-state index in [1.807, 2.05) is 12.2 Å². The van der Waals surface area contributed by atoms with E-state index in [1.54, 1.807) is 45.0 Å². The third-order valence-corrected chi connectivity index (χ3v) is 14.2. The minimum absolute atomic E-state index is 0.0791. The number of nitrogens with zero attached hydrogens (tertiary/aromatic N) is 2. The van der Waals surface area contributed by atoms with Crippen molar-refractivity contribution in [3.63, 3.8) is 0 Å². The number of rotatable bonds is 6. The molecule has 0 bridgehead atoms. The number of amides is 4. The fourth-order valence-corrected chi connectivity index (χ4v) is 9.73. The second kappa shape index (κ2) is 14.6. The van der Waals surface area contributed by atoms with Crippen LogP contribution in [0.1, 0.15) is 109 Å². The second-order valence-corrected chi connectivity index (χ2v) is 18.5. The van der Waals surface area contributed by atoms with Crippen LogP contribution in [-0.2, 0) is 35.6 Å². The molecule has 16 heteroatoms. The molecule has 55 heavy (non-hydrogen) atoms. The van der Waals surface area contributed by atoms with Crippen LogP contribution >= 0.6 is 0 Å². The maximum atomic E-state index is 14.7. The molecule has 5 atom stereocenters. The molecule has 3 fully saturated rings. The molecule has 1 aromatic carbocycles. The minimum Gasteiger partial charge on any atom is -0.483 e. The van der Waals surface area contributed by atoms with Gasteiger partial charge in [-0.25, -0.2) is 27.0 Å². The number of benzene rings is 1. The number of alkyl halides is 2.